The Morgan fingerprint density at radius 2 is 1.81 bits per heavy atom. The number of aryl methyl sites for hydroxylation is 2. The summed E-state index contributed by atoms with van der Waals surface area (Å²) in [5.41, 5.74) is 5.25. The van der Waals surface area contributed by atoms with Gasteiger partial charge in [0.1, 0.15) is 0 Å². The Bertz CT molecular complexity index is 1710. The average molecular weight is 495 g/mol. The van der Waals surface area contributed by atoms with Crippen molar-refractivity contribution >= 4 is 39.3 Å². The maximum atomic E-state index is 13.9. The third-order valence-corrected chi connectivity index (χ3v) is 7.74. The van der Waals surface area contributed by atoms with Gasteiger partial charge < -0.3 is 14.5 Å². The van der Waals surface area contributed by atoms with Crippen LogP contribution in [0.4, 0.5) is 5.69 Å². The zero-order valence-corrected chi connectivity index (χ0v) is 21.5. The maximum absolute atomic E-state index is 13.9. The minimum absolute atomic E-state index is 0.146. The van der Waals surface area contributed by atoms with Gasteiger partial charge in [0.2, 0.25) is 5.91 Å². The highest BCUT2D eigenvalue weighted by atomic mass is 16.2. The Balaban J connectivity index is 1.67. The van der Waals surface area contributed by atoms with E-state index in [1.165, 1.54) is 11.8 Å². The summed E-state index contributed by atoms with van der Waals surface area (Å²) in [4.78, 5) is 41.3. The molecule has 2 aliphatic rings. The number of pyridine rings is 1. The number of aromatic nitrogens is 2. The molecule has 2 aromatic carbocycles. The van der Waals surface area contributed by atoms with Crippen molar-refractivity contribution in [3.8, 4) is 0 Å². The largest absolute Gasteiger partial charge is 0.356 e. The highest BCUT2D eigenvalue weighted by Crippen LogP contribution is 2.46. The summed E-state index contributed by atoms with van der Waals surface area (Å²) >= 11 is 0. The molecule has 1 atom stereocenters. The van der Waals surface area contributed by atoms with E-state index in [0.717, 1.165) is 46.0 Å². The number of anilines is 1. The van der Waals surface area contributed by atoms with Crippen molar-refractivity contribution in [2.24, 2.45) is 13.0 Å². The van der Waals surface area contributed by atoms with E-state index in [9.17, 15) is 14.4 Å². The fraction of sp³-hybridized carbons (Fsp3) is 0.300. The van der Waals surface area contributed by atoms with Crippen LogP contribution in [0.3, 0.4) is 0 Å². The highest BCUT2D eigenvalue weighted by molar-refractivity contribution is 6.11. The van der Waals surface area contributed by atoms with E-state index >= 15 is 0 Å². The summed E-state index contributed by atoms with van der Waals surface area (Å²) in [6.45, 7) is 6.81. The molecule has 1 N–H and O–H groups in total. The zero-order valence-electron chi connectivity index (χ0n) is 21.5. The van der Waals surface area contributed by atoms with Crippen molar-refractivity contribution in [2.45, 2.75) is 39.7 Å². The minimum Gasteiger partial charge on any atom is -0.356 e. The van der Waals surface area contributed by atoms with Crippen molar-refractivity contribution in [3.05, 3.63) is 87.5 Å². The lowest BCUT2D eigenvalue weighted by Gasteiger charge is -2.20. The zero-order chi connectivity index (χ0) is 26.0. The predicted molar refractivity (Wildman–Crippen MR) is 145 cm³/mol. The van der Waals surface area contributed by atoms with Gasteiger partial charge >= 0.3 is 0 Å². The van der Waals surface area contributed by atoms with Crippen molar-refractivity contribution in [3.63, 3.8) is 0 Å². The predicted octanol–water partition coefficient (Wildman–Crippen LogP) is 4.74. The molecule has 0 saturated heterocycles. The molecule has 2 aliphatic heterocycles. The molecule has 7 nitrogen and oxygen atoms in total. The summed E-state index contributed by atoms with van der Waals surface area (Å²) in [5, 5.41) is 5.44. The van der Waals surface area contributed by atoms with Crippen LogP contribution in [-0.4, -0.2) is 32.4 Å². The standard InChI is InChI=1S/C30H30N4O3/c1-17(2)12-13-33-15-21-26(20-14-19-8-5-6-10-24(19)32(4)29(20)36)28-23(16-34(18(3)35)30(28)37)31-22-9-7-11-25(33)27(21)22/h5-11,14-15,17,26,31H,12-13,16H2,1-4H3/t26-/m1/s1. The van der Waals surface area contributed by atoms with Gasteiger partial charge in [0.15, 0.2) is 0 Å². The van der Waals surface area contributed by atoms with Crippen LogP contribution in [0, 0.1) is 5.92 Å². The minimum atomic E-state index is -0.603. The molecule has 37 heavy (non-hydrogen) atoms. The smallest absolute Gasteiger partial charge is 0.259 e. The van der Waals surface area contributed by atoms with Gasteiger partial charge in [-0.1, -0.05) is 38.1 Å². The molecular formula is C30H30N4O3. The molecular weight excluding hydrogens is 464 g/mol. The molecule has 0 radical (unpaired) electrons. The molecule has 188 valence electrons. The van der Waals surface area contributed by atoms with Crippen LogP contribution >= 0.6 is 0 Å². The number of imide groups is 1. The number of amides is 2. The topological polar surface area (TPSA) is 76.3 Å². The number of hydrogen-bond acceptors (Lipinski definition) is 4. The molecule has 0 spiro atoms. The van der Waals surface area contributed by atoms with Gasteiger partial charge in [-0.3, -0.25) is 19.3 Å². The quantitative estimate of drug-likeness (QED) is 0.445. The molecule has 0 unspecified atom stereocenters. The lowest BCUT2D eigenvalue weighted by Crippen LogP contribution is -2.34. The lowest BCUT2D eigenvalue weighted by molar-refractivity contribution is -0.139. The van der Waals surface area contributed by atoms with Crippen molar-refractivity contribution < 1.29 is 9.59 Å². The van der Waals surface area contributed by atoms with E-state index in [4.69, 9.17) is 0 Å². The second kappa shape index (κ2) is 8.47. The monoisotopic (exact) mass is 494 g/mol. The molecule has 4 aromatic rings. The fourth-order valence-corrected chi connectivity index (χ4v) is 5.83. The van der Waals surface area contributed by atoms with Gasteiger partial charge in [-0.25, -0.2) is 0 Å². The first kappa shape index (κ1) is 23.3. The Morgan fingerprint density at radius 1 is 1.05 bits per heavy atom. The first-order valence-electron chi connectivity index (χ1n) is 12.8. The number of fused-ring (bicyclic) bond motifs is 1. The Hall–Kier alpha value is -4.13. The van der Waals surface area contributed by atoms with Crippen LogP contribution in [0.25, 0.3) is 21.8 Å². The molecule has 4 heterocycles. The number of benzene rings is 2. The third-order valence-electron chi connectivity index (χ3n) is 7.74. The van der Waals surface area contributed by atoms with Gasteiger partial charge in [-0.15, -0.1) is 0 Å². The highest BCUT2D eigenvalue weighted by Gasteiger charge is 2.42. The van der Waals surface area contributed by atoms with E-state index in [1.54, 1.807) is 11.6 Å². The Morgan fingerprint density at radius 3 is 2.57 bits per heavy atom. The number of nitrogens with one attached hydrogen (secondary N) is 1. The number of hydrogen-bond donors (Lipinski definition) is 1. The molecule has 0 fully saturated rings. The van der Waals surface area contributed by atoms with Crippen molar-refractivity contribution in [2.75, 3.05) is 11.9 Å². The van der Waals surface area contributed by atoms with Crippen LogP contribution in [0.5, 0.6) is 0 Å². The van der Waals surface area contributed by atoms with Gasteiger partial charge in [-0.2, -0.15) is 0 Å². The summed E-state index contributed by atoms with van der Waals surface area (Å²) in [6, 6.07) is 15.8. The molecule has 0 bridgehead atoms. The molecule has 0 saturated carbocycles. The van der Waals surface area contributed by atoms with Gasteiger partial charge in [0.05, 0.1) is 23.2 Å². The Kier molecular flexibility index (Phi) is 5.33. The number of rotatable bonds is 4. The molecule has 2 amide bonds. The second-order valence-electron chi connectivity index (χ2n) is 10.5. The first-order valence-corrected chi connectivity index (χ1v) is 12.8. The number of nitrogens with zero attached hydrogens (tertiary/aromatic N) is 3. The van der Waals surface area contributed by atoms with Crippen LogP contribution in [0.2, 0.25) is 0 Å². The van der Waals surface area contributed by atoms with Crippen LogP contribution in [0.1, 0.15) is 44.2 Å². The summed E-state index contributed by atoms with van der Waals surface area (Å²) in [6.07, 6.45) is 3.12. The van der Waals surface area contributed by atoms with Crippen LogP contribution in [-0.2, 0) is 23.2 Å². The normalized spacial score (nSPS) is 17.1. The van der Waals surface area contributed by atoms with Crippen molar-refractivity contribution in [1.82, 2.24) is 14.0 Å². The average Bonchev–Trinajstić information content (AvgIpc) is 3.35. The summed E-state index contributed by atoms with van der Waals surface area (Å²) < 4.78 is 3.90. The van der Waals surface area contributed by atoms with Gasteiger partial charge in [0.25, 0.3) is 11.5 Å². The lowest BCUT2D eigenvalue weighted by atomic mass is 9.84. The van der Waals surface area contributed by atoms with Gasteiger partial charge in [0, 0.05) is 55.0 Å². The van der Waals surface area contributed by atoms with Crippen LogP contribution in [0.15, 0.2) is 70.8 Å². The fourth-order valence-electron chi connectivity index (χ4n) is 5.83. The van der Waals surface area contributed by atoms with E-state index in [2.05, 4.69) is 36.0 Å². The SMILES string of the molecule is CC(=O)N1CC2=C(C1=O)[C@H](c1cc3ccccc3n(C)c1=O)c1cn(CCC(C)C)c3cccc(c13)N2. The summed E-state index contributed by atoms with van der Waals surface area (Å²) in [7, 11) is 1.77. The summed E-state index contributed by atoms with van der Waals surface area (Å²) in [5.74, 6) is -0.716. The molecule has 7 heteroatoms. The first-order chi connectivity index (χ1) is 17.8. The third kappa shape index (κ3) is 3.52. The number of para-hydroxylation sites is 1. The van der Waals surface area contributed by atoms with Crippen LogP contribution < -0.4 is 10.9 Å². The molecule has 2 aromatic heterocycles. The second-order valence-corrected chi connectivity index (χ2v) is 10.5. The number of carbonyl (C=O) groups excluding carboxylic acids is 2. The maximum Gasteiger partial charge on any atom is 0.259 e. The molecule has 6 rings (SSSR count). The van der Waals surface area contributed by atoms with E-state index < -0.39 is 5.92 Å². The Labute approximate surface area is 215 Å². The van der Waals surface area contributed by atoms with Crippen molar-refractivity contribution in [1.29, 1.82) is 0 Å². The molecule has 0 aliphatic carbocycles. The number of carbonyl (C=O) groups is 2. The van der Waals surface area contributed by atoms with E-state index in [0.29, 0.717) is 22.8 Å². The van der Waals surface area contributed by atoms with E-state index in [1.807, 2.05) is 42.5 Å². The van der Waals surface area contributed by atoms with Gasteiger partial charge in [-0.05, 0) is 47.6 Å². The van der Waals surface area contributed by atoms with E-state index in [-0.39, 0.29) is 23.9 Å².